The molecule has 0 bridgehead atoms. The van der Waals surface area contributed by atoms with E-state index in [0.717, 1.165) is 0 Å². The van der Waals surface area contributed by atoms with Crippen LogP contribution in [0.15, 0.2) is 48.7 Å². The second-order valence-corrected chi connectivity index (χ2v) is 4.40. The first-order valence-electron chi connectivity index (χ1n) is 5.45. The van der Waals surface area contributed by atoms with Gasteiger partial charge < -0.3 is 10.6 Å². The molecule has 0 saturated carbocycles. The van der Waals surface area contributed by atoms with Crippen LogP contribution in [0, 0.1) is 0 Å². The molecule has 0 fully saturated rings. The van der Waals surface area contributed by atoms with Crippen molar-refractivity contribution in [2.45, 2.75) is 6.54 Å². The number of rotatable bonds is 3. The number of hydrogen-bond acceptors (Lipinski definition) is 2. The predicted molar refractivity (Wildman–Crippen MR) is 78.7 cm³/mol. The maximum atomic E-state index is 5.92. The number of aromatic nitrogens is 1. The van der Waals surface area contributed by atoms with Crippen LogP contribution in [0.3, 0.4) is 0 Å². The Morgan fingerprint density at radius 1 is 1.17 bits per heavy atom. The van der Waals surface area contributed by atoms with Crippen LogP contribution in [-0.2, 0) is 6.54 Å². The molecule has 92 valence electrons. The number of thiocarbonyl (C=S) groups is 1. The fourth-order valence-corrected chi connectivity index (χ4v) is 1.77. The Hall–Kier alpha value is -1.65. The summed E-state index contributed by atoms with van der Waals surface area (Å²) >= 11 is 11.1. The SMILES string of the molecule is S=C(NCc1ccccc1)Nc1cccnc1Cl. The average Bonchev–Trinajstić information content (AvgIpc) is 2.40. The highest BCUT2D eigenvalue weighted by molar-refractivity contribution is 7.80. The summed E-state index contributed by atoms with van der Waals surface area (Å²) in [6, 6.07) is 13.7. The van der Waals surface area contributed by atoms with Crippen LogP contribution in [0.25, 0.3) is 0 Å². The van der Waals surface area contributed by atoms with Crippen molar-refractivity contribution < 1.29 is 0 Å². The van der Waals surface area contributed by atoms with Crippen LogP contribution >= 0.6 is 23.8 Å². The quantitative estimate of drug-likeness (QED) is 0.667. The lowest BCUT2D eigenvalue weighted by Gasteiger charge is -2.11. The standard InChI is InChI=1S/C13H12ClN3S/c14-12-11(7-4-8-15-12)17-13(18)16-9-10-5-2-1-3-6-10/h1-8H,9H2,(H2,16,17,18). The van der Waals surface area contributed by atoms with Crippen molar-refractivity contribution in [3.05, 3.63) is 59.4 Å². The van der Waals surface area contributed by atoms with Gasteiger partial charge in [0.05, 0.1) is 5.69 Å². The van der Waals surface area contributed by atoms with Gasteiger partial charge >= 0.3 is 0 Å². The van der Waals surface area contributed by atoms with Gasteiger partial charge in [0.2, 0.25) is 0 Å². The summed E-state index contributed by atoms with van der Waals surface area (Å²) in [5.74, 6) is 0. The third-order valence-electron chi connectivity index (χ3n) is 2.30. The predicted octanol–water partition coefficient (Wildman–Crippen LogP) is 3.22. The van der Waals surface area contributed by atoms with E-state index in [-0.39, 0.29) is 0 Å². The molecule has 0 amide bonds. The maximum absolute atomic E-state index is 5.92. The molecule has 0 atom stereocenters. The van der Waals surface area contributed by atoms with Gasteiger partial charge in [-0.3, -0.25) is 0 Å². The van der Waals surface area contributed by atoms with Gasteiger partial charge in [-0.2, -0.15) is 0 Å². The molecule has 0 saturated heterocycles. The first-order chi connectivity index (χ1) is 8.75. The summed E-state index contributed by atoms with van der Waals surface area (Å²) in [5.41, 5.74) is 1.86. The molecule has 5 heteroatoms. The van der Waals surface area contributed by atoms with Crippen LogP contribution in [0.5, 0.6) is 0 Å². The molecular weight excluding hydrogens is 266 g/mol. The Bertz CT molecular complexity index is 531. The highest BCUT2D eigenvalue weighted by atomic mass is 35.5. The van der Waals surface area contributed by atoms with Gasteiger partial charge in [-0.05, 0) is 29.9 Å². The van der Waals surface area contributed by atoms with Crippen molar-refractivity contribution in [2.24, 2.45) is 0 Å². The highest BCUT2D eigenvalue weighted by Gasteiger charge is 2.02. The number of hydrogen-bond donors (Lipinski definition) is 2. The molecule has 1 heterocycles. The summed E-state index contributed by atoms with van der Waals surface area (Å²) in [6.45, 7) is 0.671. The Morgan fingerprint density at radius 2 is 1.94 bits per heavy atom. The lowest BCUT2D eigenvalue weighted by atomic mass is 10.2. The molecule has 0 spiro atoms. The molecule has 18 heavy (non-hydrogen) atoms. The van der Waals surface area contributed by atoms with Gasteiger partial charge in [-0.25, -0.2) is 4.98 Å². The highest BCUT2D eigenvalue weighted by Crippen LogP contribution is 2.17. The summed E-state index contributed by atoms with van der Waals surface area (Å²) in [7, 11) is 0. The zero-order valence-electron chi connectivity index (χ0n) is 9.56. The van der Waals surface area contributed by atoms with E-state index in [2.05, 4.69) is 15.6 Å². The number of nitrogens with one attached hydrogen (secondary N) is 2. The van der Waals surface area contributed by atoms with Crippen LogP contribution in [0.4, 0.5) is 5.69 Å². The molecule has 2 aromatic rings. The van der Waals surface area contributed by atoms with Crippen molar-refractivity contribution >= 4 is 34.6 Å². The zero-order chi connectivity index (χ0) is 12.8. The molecular formula is C13H12ClN3S. The number of halogens is 1. The van der Waals surface area contributed by atoms with E-state index < -0.39 is 0 Å². The van der Waals surface area contributed by atoms with Gasteiger partial charge in [0.1, 0.15) is 0 Å². The van der Waals surface area contributed by atoms with Crippen LogP contribution in [0.2, 0.25) is 5.15 Å². The largest absolute Gasteiger partial charge is 0.358 e. The molecule has 0 radical (unpaired) electrons. The number of pyridine rings is 1. The van der Waals surface area contributed by atoms with E-state index in [0.29, 0.717) is 22.5 Å². The monoisotopic (exact) mass is 277 g/mol. The molecule has 0 aliphatic carbocycles. The minimum Gasteiger partial charge on any atom is -0.358 e. The fraction of sp³-hybridized carbons (Fsp3) is 0.0769. The molecule has 0 aliphatic rings. The van der Waals surface area contributed by atoms with E-state index in [9.17, 15) is 0 Å². The minimum atomic E-state index is 0.404. The van der Waals surface area contributed by atoms with Crippen molar-refractivity contribution in [1.29, 1.82) is 0 Å². The normalized spacial score (nSPS) is 9.83. The lowest BCUT2D eigenvalue weighted by Crippen LogP contribution is -2.28. The van der Waals surface area contributed by atoms with Crippen molar-refractivity contribution in [2.75, 3.05) is 5.32 Å². The Kier molecular flexibility index (Phi) is 4.50. The topological polar surface area (TPSA) is 37.0 Å². The Morgan fingerprint density at radius 3 is 2.67 bits per heavy atom. The van der Waals surface area contributed by atoms with E-state index in [1.165, 1.54) is 5.56 Å². The summed E-state index contributed by atoms with van der Waals surface area (Å²) in [4.78, 5) is 3.97. The van der Waals surface area contributed by atoms with Crippen LogP contribution < -0.4 is 10.6 Å². The Labute approximate surface area is 116 Å². The second-order valence-electron chi connectivity index (χ2n) is 3.64. The van der Waals surface area contributed by atoms with Gasteiger partial charge in [-0.1, -0.05) is 41.9 Å². The number of nitrogens with zero attached hydrogens (tertiary/aromatic N) is 1. The molecule has 0 unspecified atom stereocenters. The summed E-state index contributed by atoms with van der Waals surface area (Å²) in [6.07, 6.45) is 1.63. The summed E-state index contributed by atoms with van der Waals surface area (Å²) in [5, 5.41) is 7.04. The van der Waals surface area contributed by atoms with Crippen LogP contribution in [0.1, 0.15) is 5.56 Å². The number of anilines is 1. The van der Waals surface area contributed by atoms with E-state index in [1.807, 2.05) is 36.4 Å². The number of benzene rings is 1. The molecule has 3 nitrogen and oxygen atoms in total. The molecule has 2 rings (SSSR count). The zero-order valence-corrected chi connectivity index (χ0v) is 11.1. The van der Waals surface area contributed by atoms with Crippen molar-refractivity contribution in [3.63, 3.8) is 0 Å². The first kappa shape index (κ1) is 12.8. The smallest absolute Gasteiger partial charge is 0.171 e. The van der Waals surface area contributed by atoms with E-state index in [1.54, 1.807) is 12.3 Å². The second kappa shape index (κ2) is 6.33. The third-order valence-corrected chi connectivity index (χ3v) is 2.85. The molecule has 2 N–H and O–H groups in total. The molecule has 0 aliphatic heterocycles. The lowest BCUT2D eigenvalue weighted by molar-refractivity contribution is 0.926. The minimum absolute atomic E-state index is 0.404. The fourth-order valence-electron chi connectivity index (χ4n) is 1.42. The molecule has 1 aromatic carbocycles. The van der Waals surface area contributed by atoms with E-state index in [4.69, 9.17) is 23.8 Å². The Balaban J connectivity index is 1.88. The summed E-state index contributed by atoms with van der Waals surface area (Å²) < 4.78 is 0. The van der Waals surface area contributed by atoms with Crippen molar-refractivity contribution in [1.82, 2.24) is 10.3 Å². The van der Waals surface area contributed by atoms with Gasteiger partial charge in [0, 0.05) is 12.7 Å². The van der Waals surface area contributed by atoms with Gasteiger partial charge in [0.15, 0.2) is 10.3 Å². The maximum Gasteiger partial charge on any atom is 0.171 e. The van der Waals surface area contributed by atoms with Gasteiger partial charge in [0.25, 0.3) is 0 Å². The van der Waals surface area contributed by atoms with Crippen LogP contribution in [-0.4, -0.2) is 10.1 Å². The third kappa shape index (κ3) is 3.68. The first-order valence-corrected chi connectivity index (χ1v) is 6.23. The molecule has 1 aromatic heterocycles. The van der Waals surface area contributed by atoms with E-state index >= 15 is 0 Å². The van der Waals surface area contributed by atoms with Gasteiger partial charge in [-0.15, -0.1) is 0 Å². The average molecular weight is 278 g/mol. The van der Waals surface area contributed by atoms with Crippen molar-refractivity contribution in [3.8, 4) is 0 Å².